The summed E-state index contributed by atoms with van der Waals surface area (Å²) in [6.07, 6.45) is 2.18. The van der Waals surface area contributed by atoms with E-state index in [0.717, 1.165) is 31.9 Å². The maximum Gasteiger partial charge on any atom is 0.119 e. The molecule has 5 nitrogen and oxygen atoms in total. The molecule has 1 fully saturated rings. The molecule has 1 saturated heterocycles. The number of hydrogen-bond acceptors (Lipinski definition) is 5. The quantitative estimate of drug-likeness (QED) is 0.540. The van der Waals surface area contributed by atoms with Crippen molar-refractivity contribution in [3.05, 3.63) is 65.7 Å². The molecule has 0 spiro atoms. The van der Waals surface area contributed by atoms with Crippen LogP contribution in [0.4, 0.5) is 0 Å². The maximum absolute atomic E-state index is 10.3. The number of benzene rings is 2. The zero-order valence-corrected chi connectivity index (χ0v) is 17.6. The molecule has 0 amide bonds. The van der Waals surface area contributed by atoms with Crippen LogP contribution in [0.3, 0.4) is 0 Å². The van der Waals surface area contributed by atoms with Crippen LogP contribution in [0, 0.1) is 0 Å². The molecule has 158 valence electrons. The van der Waals surface area contributed by atoms with Gasteiger partial charge in [-0.2, -0.15) is 0 Å². The van der Waals surface area contributed by atoms with Gasteiger partial charge in [-0.3, -0.25) is 4.90 Å². The van der Waals surface area contributed by atoms with Gasteiger partial charge >= 0.3 is 0 Å². The van der Waals surface area contributed by atoms with Crippen molar-refractivity contribution in [3.8, 4) is 5.75 Å². The molecule has 1 aliphatic heterocycles. The molecule has 5 heteroatoms. The Morgan fingerprint density at radius 1 is 1.03 bits per heavy atom. The molecule has 0 bridgehead atoms. The lowest BCUT2D eigenvalue weighted by molar-refractivity contribution is 0.0744. The normalized spacial score (nSPS) is 15.7. The molecule has 1 atom stereocenters. The molecule has 2 aromatic rings. The van der Waals surface area contributed by atoms with E-state index in [0.29, 0.717) is 13.2 Å². The summed E-state index contributed by atoms with van der Waals surface area (Å²) in [6.45, 7) is 7.24. The second kappa shape index (κ2) is 11.9. The Hall–Kier alpha value is -1.92. The van der Waals surface area contributed by atoms with Gasteiger partial charge in [-0.1, -0.05) is 42.5 Å². The van der Waals surface area contributed by atoms with Gasteiger partial charge in [0.1, 0.15) is 18.5 Å². The Balaban J connectivity index is 1.30. The average molecular weight is 398 g/mol. The number of ether oxygens (including phenoxy) is 1. The van der Waals surface area contributed by atoms with Gasteiger partial charge < -0.3 is 20.1 Å². The smallest absolute Gasteiger partial charge is 0.119 e. The monoisotopic (exact) mass is 397 g/mol. The van der Waals surface area contributed by atoms with Gasteiger partial charge in [0.25, 0.3) is 0 Å². The minimum absolute atomic E-state index is 0.298. The Kier molecular flexibility index (Phi) is 8.96. The third-order valence-electron chi connectivity index (χ3n) is 5.32. The molecule has 2 N–H and O–H groups in total. The van der Waals surface area contributed by atoms with Crippen LogP contribution in [-0.4, -0.2) is 67.4 Å². The van der Waals surface area contributed by atoms with Crippen LogP contribution in [0.1, 0.15) is 24.0 Å². The van der Waals surface area contributed by atoms with Gasteiger partial charge in [-0.05, 0) is 56.2 Å². The summed E-state index contributed by atoms with van der Waals surface area (Å²) in [4.78, 5) is 4.63. The Morgan fingerprint density at radius 2 is 1.76 bits per heavy atom. The lowest BCUT2D eigenvalue weighted by Gasteiger charge is -2.21. The maximum atomic E-state index is 10.3. The van der Waals surface area contributed by atoms with Crippen LogP contribution >= 0.6 is 0 Å². The fraction of sp³-hybridized carbons (Fsp3) is 0.500. The van der Waals surface area contributed by atoms with Crippen LogP contribution in [0.5, 0.6) is 5.75 Å². The highest BCUT2D eigenvalue weighted by Gasteiger charge is 2.11. The molecular formula is C24H35N3O2. The minimum atomic E-state index is -0.518. The molecule has 3 rings (SSSR count). The summed E-state index contributed by atoms with van der Waals surface area (Å²) in [5.74, 6) is 0.801. The summed E-state index contributed by atoms with van der Waals surface area (Å²) < 4.78 is 5.76. The van der Waals surface area contributed by atoms with Crippen molar-refractivity contribution in [3.63, 3.8) is 0 Å². The Morgan fingerprint density at radius 3 is 2.48 bits per heavy atom. The molecule has 1 aliphatic rings. The number of nitrogens with one attached hydrogen (secondary N) is 1. The number of likely N-dealkylation sites (N-methyl/N-ethyl adjacent to an activating group) is 1. The first-order valence-electron chi connectivity index (χ1n) is 10.7. The van der Waals surface area contributed by atoms with Crippen molar-refractivity contribution < 1.29 is 9.84 Å². The third kappa shape index (κ3) is 8.15. The zero-order valence-electron chi connectivity index (χ0n) is 17.6. The van der Waals surface area contributed by atoms with Crippen LogP contribution < -0.4 is 10.1 Å². The molecule has 0 aromatic heterocycles. The predicted octanol–water partition coefficient (Wildman–Crippen LogP) is 2.74. The van der Waals surface area contributed by atoms with Gasteiger partial charge in [0.15, 0.2) is 0 Å². The highest BCUT2D eigenvalue weighted by Crippen LogP contribution is 2.13. The van der Waals surface area contributed by atoms with E-state index in [1.807, 2.05) is 37.4 Å². The fourth-order valence-electron chi connectivity index (χ4n) is 3.74. The van der Waals surface area contributed by atoms with Gasteiger partial charge in [0.05, 0.1) is 0 Å². The van der Waals surface area contributed by atoms with E-state index in [9.17, 15) is 5.11 Å². The topological polar surface area (TPSA) is 48.0 Å². The molecular weight excluding hydrogens is 362 g/mol. The van der Waals surface area contributed by atoms with E-state index in [1.165, 1.54) is 37.1 Å². The number of rotatable bonds is 12. The molecule has 0 radical (unpaired) electrons. The van der Waals surface area contributed by atoms with E-state index in [1.54, 1.807) is 0 Å². The van der Waals surface area contributed by atoms with Crippen LogP contribution in [0.25, 0.3) is 0 Å². The molecule has 29 heavy (non-hydrogen) atoms. The first-order chi connectivity index (χ1) is 14.2. The second-order valence-corrected chi connectivity index (χ2v) is 8.02. The standard InChI is InChI=1S/C24H35N3O2/c1-26(18-22-7-3-2-4-8-22)19-23(28)20-29-24-11-9-21(10-12-24)17-25-13-16-27-14-5-6-15-27/h2-4,7-12,23,25,28H,5-6,13-20H2,1H3. The lowest BCUT2D eigenvalue weighted by atomic mass is 10.2. The molecule has 1 heterocycles. The fourth-order valence-corrected chi connectivity index (χ4v) is 3.74. The van der Waals surface area contributed by atoms with Crippen molar-refractivity contribution in [1.29, 1.82) is 0 Å². The number of nitrogens with zero attached hydrogens (tertiary/aromatic N) is 2. The molecule has 0 aliphatic carbocycles. The summed E-state index contributed by atoms with van der Waals surface area (Å²) in [6, 6.07) is 18.4. The van der Waals surface area contributed by atoms with E-state index in [-0.39, 0.29) is 0 Å². The zero-order chi connectivity index (χ0) is 20.3. The van der Waals surface area contributed by atoms with Crippen LogP contribution in [0.15, 0.2) is 54.6 Å². The van der Waals surface area contributed by atoms with Crippen LogP contribution in [0.2, 0.25) is 0 Å². The van der Waals surface area contributed by atoms with Crippen molar-refractivity contribution in [2.45, 2.75) is 32.0 Å². The Labute approximate surface area is 175 Å². The van der Waals surface area contributed by atoms with E-state index in [4.69, 9.17) is 4.74 Å². The number of aliphatic hydroxyl groups excluding tert-OH is 1. The van der Waals surface area contributed by atoms with Gasteiger partial charge in [0.2, 0.25) is 0 Å². The summed E-state index contributed by atoms with van der Waals surface area (Å²) in [5, 5.41) is 13.8. The number of aliphatic hydroxyl groups is 1. The first kappa shape index (κ1) is 21.8. The molecule has 0 saturated carbocycles. The Bertz CT molecular complexity index is 687. The third-order valence-corrected chi connectivity index (χ3v) is 5.32. The van der Waals surface area contributed by atoms with Crippen LogP contribution in [-0.2, 0) is 13.1 Å². The summed E-state index contributed by atoms with van der Waals surface area (Å²) >= 11 is 0. The summed E-state index contributed by atoms with van der Waals surface area (Å²) in [5.41, 5.74) is 2.50. The van der Waals surface area contributed by atoms with Gasteiger partial charge in [-0.15, -0.1) is 0 Å². The molecule has 1 unspecified atom stereocenters. The molecule has 2 aromatic carbocycles. The van der Waals surface area contributed by atoms with Gasteiger partial charge in [-0.25, -0.2) is 0 Å². The lowest BCUT2D eigenvalue weighted by Crippen LogP contribution is -2.32. The predicted molar refractivity (Wildman–Crippen MR) is 118 cm³/mol. The van der Waals surface area contributed by atoms with Crippen molar-refractivity contribution in [2.75, 3.05) is 46.4 Å². The average Bonchev–Trinajstić information content (AvgIpc) is 3.25. The summed E-state index contributed by atoms with van der Waals surface area (Å²) in [7, 11) is 2.02. The highest BCUT2D eigenvalue weighted by atomic mass is 16.5. The minimum Gasteiger partial charge on any atom is -0.491 e. The number of hydrogen-bond donors (Lipinski definition) is 2. The SMILES string of the molecule is CN(Cc1ccccc1)CC(O)COc1ccc(CNCCN2CCCC2)cc1. The highest BCUT2D eigenvalue weighted by molar-refractivity contribution is 5.27. The number of likely N-dealkylation sites (tertiary alicyclic amines) is 1. The largest absolute Gasteiger partial charge is 0.491 e. The second-order valence-electron chi connectivity index (χ2n) is 8.02. The van der Waals surface area contributed by atoms with Gasteiger partial charge in [0, 0.05) is 32.7 Å². The van der Waals surface area contributed by atoms with Crippen molar-refractivity contribution in [2.24, 2.45) is 0 Å². The van der Waals surface area contributed by atoms with Crippen molar-refractivity contribution >= 4 is 0 Å². The van der Waals surface area contributed by atoms with E-state index < -0.39 is 6.10 Å². The van der Waals surface area contributed by atoms with Crippen molar-refractivity contribution in [1.82, 2.24) is 15.1 Å². The first-order valence-corrected chi connectivity index (χ1v) is 10.7. The van der Waals surface area contributed by atoms with E-state index >= 15 is 0 Å². The van der Waals surface area contributed by atoms with E-state index in [2.05, 4.69) is 39.4 Å².